The van der Waals surface area contributed by atoms with Gasteiger partial charge in [0.2, 0.25) is 5.91 Å². The summed E-state index contributed by atoms with van der Waals surface area (Å²) >= 11 is 0. The zero-order chi connectivity index (χ0) is 19.5. The van der Waals surface area contributed by atoms with Crippen LogP contribution >= 0.6 is 0 Å². The minimum atomic E-state index is -0.732. The van der Waals surface area contributed by atoms with Crippen molar-refractivity contribution in [1.82, 2.24) is 4.90 Å². The highest BCUT2D eigenvalue weighted by Gasteiger charge is 2.44. The van der Waals surface area contributed by atoms with E-state index in [2.05, 4.69) is 0 Å². The molecule has 1 saturated heterocycles. The number of rotatable bonds is 5. The van der Waals surface area contributed by atoms with Crippen LogP contribution in [-0.4, -0.2) is 45.2 Å². The predicted octanol–water partition coefficient (Wildman–Crippen LogP) is 2.67. The predicted molar refractivity (Wildman–Crippen MR) is 93.5 cm³/mol. The normalized spacial score (nSPS) is 20.3. The average molecular weight is 364 g/mol. The Morgan fingerprint density at radius 1 is 1.35 bits per heavy atom. The molecule has 1 fully saturated rings. The largest absolute Gasteiger partial charge is 0.443 e. The number of likely N-dealkylation sites (tertiary alicyclic amines) is 1. The molecular formula is C18H24N2O6. The zero-order valence-electron chi connectivity index (χ0n) is 15.2. The Morgan fingerprint density at radius 3 is 2.46 bits per heavy atom. The van der Waals surface area contributed by atoms with Crippen LogP contribution in [-0.2, 0) is 16.0 Å². The lowest BCUT2D eigenvalue weighted by molar-refractivity contribution is -0.384. The van der Waals surface area contributed by atoms with Crippen molar-refractivity contribution < 1.29 is 24.4 Å². The number of nitro benzene ring substituents is 1. The van der Waals surface area contributed by atoms with Crippen LogP contribution in [0.25, 0.3) is 0 Å². The lowest BCUT2D eigenvalue weighted by Gasteiger charge is -2.27. The molecule has 0 unspecified atom stereocenters. The van der Waals surface area contributed by atoms with E-state index in [4.69, 9.17) is 9.84 Å². The van der Waals surface area contributed by atoms with Gasteiger partial charge in [0.1, 0.15) is 5.60 Å². The Bertz CT molecular complexity index is 680. The van der Waals surface area contributed by atoms with Crippen LogP contribution in [0.15, 0.2) is 24.3 Å². The summed E-state index contributed by atoms with van der Waals surface area (Å²) in [6.07, 6.45) is 0.393. The number of carbonyl (C=O) groups is 2. The van der Waals surface area contributed by atoms with Crippen LogP contribution in [0.5, 0.6) is 0 Å². The summed E-state index contributed by atoms with van der Waals surface area (Å²) in [5.41, 5.74) is 0.0367. The smallest absolute Gasteiger partial charge is 0.417 e. The molecule has 0 radical (unpaired) electrons. The first-order valence-electron chi connectivity index (χ1n) is 8.52. The fourth-order valence-corrected chi connectivity index (χ4v) is 3.06. The Kier molecular flexibility index (Phi) is 5.97. The van der Waals surface area contributed by atoms with Crippen LogP contribution in [0.2, 0.25) is 0 Å². The quantitative estimate of drug-likeness (QED) is 0.635. The van der Waals surface area contributed by atoms with Gasteiger partial charge in [-0.1, -0.05) is 12.1 Å². The molecule has 0 spiro atoms. The monoisotopic (exact) mass is 364 g/mol. The van der Waals surface area contributed by atoms with Crippen LogP contribution in [0.4, 0.5) is 10.5 Å². The van der Waals surface area contributed by atoms with Gasteiger partial charge in [0, 0.05) is 30.7 Å². The van der Waals surface area contributed by atoms with Gasteiger partial charge in [0.05, 0.1) is 4.92 Å². The molecule has 8 nitrogen and oxygen atoms in total. The van der Waals surface area contributed by atoms with Crippen molar-refractivity contribution >= 4 is 17.7 Å². The Morgan fingerprint density at radius 2 is 1.96 bits per heavy atom. The highest BCUT2D eigenvalue weighted by atomic mass is 16.6. The summed E-state index contributed by atoms with van der Waals surface area (Å²) in [6, 6.07) is 5.63. The van der Waals surface area contributed by atoms with Crippen molar-refractivity contribution in [3.05, 3.63) is 39.9 Å². The van der Waals surface area contributed by atoms with Gasteiger partial charge in [-0.15, -0.1) is 0 Å². The topological polar surface area (TPSA) is 110 Å². The molecule has 1 N–H and O–H groups in total. The van der Waals surface area contributed by atoms with E-state index in [0.717, 1.165) is 10.5 Å². The Labute approximate surface area is 151 Å². The summed E-state index contributed by atoms with van der Waals surface area (Å²) in [4.78, 5) is 36.5. The Balaban J connectivity index is 2.20. The fourth-order valence-electron chi connectivity index (χ4n) is 3.06. The summed E-state index contributed by atoms with van der Waals surface area (Å²) in [6.45, 7) is 5.04. The van der Waals surface area contributed by atoms with Crippen molar-refractivity contribution in [2.45, 2.75) is 51.7 Å². The van der Waals surface area contributed by atoms with Crippen molar-refractivity contribution in [2.24, 2.45) is 5.92 Å². The number of benzene rings is 1. The molecule has 1 heterocycles. The molecule has 142 valence electrons. The third-order valence-corrected chi connectivity index (χ3v) is 4.19. The maximum absolute atomic E-state index is 12.6. The molecule has 2 amide bonds. The number of hydrogen-bond acceptors (Lipinski definition) is 6. The maximum Gasteiger partial charge on any atom is 0.417 e. The molecule has 0 bridgehead atoms. The number of aliphatic hydroxyl groups is 1. The van der Waals surface area contributed by atoms with Crippen molar-refractivity contribution in [1.29, 1.82) is 0 Å². The second-order valence-corrected chi connectivity index (χ2v) is 7.41. The van der Waals surface area contributed by atoms with Crippen LogP contribution in [0.3, 0.4) is 0 Å². The molecule has 0 aromatic heterocycles. The van der Waals surface area contributed by atoms with E-state index >= 15 is 0 Å². The second kappa shape index (κ2) is 7.82. The molecule has 1 aliphatic rings. The van der Waals surface area contributed by atoms with Gasteiger partial charge in [-0.05, 0) is 45.6 Å². The average Bonchev–Trinajstić information content (AvgIpc) is 2.82. The molecule has 1 aromatic carbocycles. The number of carbonyl (C=O) groups excluding carboxylic acids is 2. The molecule has 26 heavy (non-hydrogen) atoms. The van der Waals surface area contributed by atoms with Gasteiger partial charge in [0.15, 0.2) is 0 Å². The number of non-ortho nitro benzene ring substituents is 1. The van der Waals surface area contributed by atoms with E-state index in [1.54, 1.807) is 32.9 Å². The number of nitrogens with zero attached hydrogens (tertiary/aromatic N) is 2. The van der Waals surface area contributed by atoms with Gasteiger partial charge in [-0.25, -0.2) is 9.69 Å². The molecule has 1 aromatic rings. The van der Waals surface area contributed by atoms with Gasteiger partial charge >= 0.3 is 6.09 Å². The first-order chi connectivity index (χ1) is 12.1. The molecule has 8 heteroatoms. The SMILES string of the molecule is CC(C)(C)OC(=O)N1C(=O)[C@@H](CCO)C[C@@H]1Cc1ccc([N+](=O)[O-])cc1. The minimum absolute atomic E-state index is 0.0154. The number of hydrogen-bond donors (Lipinski definition) is 1. The highest BCUT2D eigenvalue weighted by molar-refractivity contribution is 5.95. The van der Waals surface area contributed by atoms with E-state index in [0.29, 0.717) is 12.8 Å². The van der Waals surface area contributed by atoms with Crippen LogP contribution in [0.1, 0.15) is 39.2 Å². The van der Waals surface area contributed by atoms with E-state index in [1.165, 1.54) is 12.1 Å². The third-order valence-electron chi connectivity index (χ3n) is 4.19. The third kappa shape index (κ3) is 4.78. The van der Waals surface area contributed by atoms with Gasteiger partial charge in [-0.2, -0.15) is 0 Å². The van der Waals surface area contributed by atoms with Gasteiger partial charge in [0.25, 0.3) is 5.69 Å². The summed E-state index contributed by atoms with van der Waals surface area (Å²) < 4.78 is 5.35. The van der Waals surface area contributed by atoms with Crippen molar-refractivity contribution in [3.8, 4) is 0 Å². The molecule has 0 saturated carbocycles. The standard InChI is InChI=1S/C18H24N2O6/c1-18(2,3)26-17(23)19-15(11-13(8-9-21)16(19)22)10-12-4-6-14(7-5-12)20(24)25/h4-7,13,15,21H,8-11H2,1-3H3/t13-,15-/m0/s1. The van der Waals surface area contributed by atoms with E-state index in [9.17, 15) is 19.7 Å². The first kappa shape index (κ1) is 19.8. The number of aliphatic hydroxyl groups excluding tert-OH is 1. The molecule has 0 aliphatic carbocycles. The summed E-state index contributed by atoms with van der Waals surface area (Å²) in [7, 11) is 0. The number of amides is 2. The molecular weight excluding hydrogens is 340 g/mol. The van der Waals surface area contributed by atoms with Gasteiger partial charge in [-0.3, -0.25) is 14.9 Å². The molecule has 1 aliphatic heterocycles. The van der Waals surface area contributed by atoms with Crippen molar-refractivity contribution in [2.75, 3.05) is 6.61 Å². The number of ether oxygens (including phenoxy) is 1. The molecule has 2 atom stereocenters. The van der Waals surface area contributed by atoms with E-state index in [-0.39, 0.29) is 24.6 Å². The van der Waals surface area contributed by atoms with Crippen LogP contribution < -0.4 is 0 Å². The Hall–Kier alpha value is -2.48. The number of nitro groups is 1. The lowest BCUT2D eigenvalue weighted by atomic mass is 9.97. The molecule has 2 rings (SSSR count). The lowest BCUT2D eigenvalue weighted by Crippen LogP contribution is -2.43. The summed E-state index contributed by atoms with van der Waals surface area (Å²) in [5, 5.41) is 19.9. The second-order valence-electron chi connectivity index (χ2n) is 7.41. The number of imide groups is 1. The fraction of sp³-hybridized carbons (Fsp3) is 0.556. The van der Waals surface area contributed by atoms with E-state index < -0.39 is 28.6 Å². The van der Waals surface area contributed by atoms with Crippen molar-refractivity contribution in [3.63, 3.8) is 0 Å². The maximum atomic E-state index is 12.6. The van der Waals surface area contributed by atoms with E-state index in [1.807, 2.05) is 0 Å². The zero-order valence-corrected chi connectivity index (χ0v) is 15.2. The summed E-state index contributed by atoms with van der Waals surface area (Å²) in [5.74, 6) is -0.782. The highest BCUT2D eigenvalue weighted by Crippen LogP contribution is 2.31. The first-order valence-corrected chi connectivity index (χ1v) is 8.52. The van der Waals surface area contributed by atoms with Crippen LogP contribution in [0, 0.1) is 16.0 Å². The minimum Gasteiger partial charge on any atom is -0.443 e. The van der Waals surface area contributed by atoms with Gasteiger partial charge < -0.3 is 9.84 Å².